The number of nitrogens with zero attached hydrogens (tertiary/aromatic N) is 1. The van der Waals surface area contributed by atoms with E-state index >= 15 is 0 Å². The van der Waals surface area contributed by atoms with E-state index in [1.165, 1.54) is 4.90 Å². The molecule has 1 fully saturated rings. The largest absolute Gasteiger partial charge is 0.480 e. The smallest absolute Gasteiger partial charge is 0.328 e. The molecular weight excluding hydrogens is 186 g/mol. The van der Waals surface area contributed by atoms with E-state index in [2.05, 4.69) is 5.92 Å². The van der Waals surface area contributed by atoms with E-state index in [9.17, 15) is 9.59 Å². The van der Waals surface area contributed by atoms with Gasteiger partial charge in [-0.25, -0.2) is 4.79 Å². The van der Waals surface area contributed by atoms with E-state index in [1.807, 2.05) is 0 Å². The van der Waals surface area contributed by atoms with Gasteiger partial charge in [0.15, 0.2) is 6.04 Å². The Morgan fingerprint density at radius 1 is 1.64 bits per heavy atom. The fourth-order valence-corrected chi connectivity index (χ4v) is 1.30. The first-order valence-corrected chi connectivity index (χ1v) is 4.20. The highest BCUT2D eigenvalue weighted by Crippen LogP contribution is 2.08. The van der Waals surface area contributed by atoms with Crippen LogP contribution < -0.4 is 0 Å². The number of carbonyl (C=O) groups is 2. The number of hydrogen-bond acceptors (Lipinski definition) is 3. The van der Waals surface area contributed by atoms with Crippen LogP contribution >= 0.6 is 0 Å². The lowest BCUT2D eigenvalue weighted by Gasteiger charge is -2.32. The molecule has 1 rings (SSSR count). The summed E-state index contributed by atoms with van der Waals surface area (Å²) in [7, 11) is 0. The van der Waals surface area contributed by atoms with Crippen LogP contribution in [0.5, 0.6) is 0 Å². The summed E-state index contributed by atoms with van der Waals surface area (Å²) >= 11 is 0. The van der Waals surface area contributed by atoms with Gasteiger partial charge in [0.1, 0.15) is 0 Å². The summed E-state index contributed by atoms with van der Waals surface area (Å²) in [6.45, 7) is 0.684. The molecular formula is C9H11NO4. The minimum Gasteiger partial charge on any atom is -0.480 e. The van der Waals surface area contributed by atoms with Crippen molar-refractivity contribution >= 4 is 11.9 Å². The molecule has 0 saturated carbocycles. The lowest BCUT2D eigenvalue weighted by atomic mass is 10.2. The first kappa shape index (κ1) is 10.5. The topological polar surface area (TPSA) is 66.8 Å². The number of rotatable bonds is 2. The summed E-state index contributed by atoms with van der Waals surface area (Å²) in [5, 5.41) is 8.80. The van der Waals surface area contributed by atoms with E-state index < -0.39 is 12.0 Å². The quantitative estimate of drug-likeness (QED) is 0.596. The van der Waals surface area contributed by atoms with E-state index in [0.717, 1.165) is 0 Å². The predicted octanol–water partition coefficient (Wildman–Crippen LogP) is -0.678. The molecule has 1 saturated heterocycles. The first-order valence-electron chi connectivity index (χ1n) is 4.20. The van der Waals surface area contributed by atoms with Crippen molar-refractivity contribution in [3.63, 3.8) is 0 Å². The zero-order valence-electron chi connectivity index (χ0n) is 7.60. The fraction of sp³-hybridized carbons (Fsp3) is 0.556. The van der Waals surface area contributed by atoms with Gasteiger partial charge in [0.2, 0.25) is 5.91 Å². The molecule has 0 aromatic carbocycles. The summed E-state index contributed by atoms with van der Waals surface area (Å²) in [6.07, 6.45) is 4.92. The van der Waals surface area contributed by atoms with E-state index in [1.54, 1.807) is 0 Å². The maximum atomic E-state index is 11.4. The molecule has 0 aromatic rings. The number of ether oxygens (including phenoxy) is 1. The summed E-state index contributed by atoms with van der Waals surface area (Å²) < 4.78 is 4.98. The van der Waals surface area contributed by atoms with Crippen LogP contribution in [0.2, 0.25) is 0 Å². The molecule has 1 atom stereocenters. The molecule has 1 heterocycles. The van der Waals surface area contributed by atoms with Gasteiger partial charge in [0.25, 0.3) is 0 Å². The number of carbonyl (C=O) groups excluding carboxylic acids is 1. The van der Waals surface area contributed by atoms with Gasteiger partial charge in [-0.15, -0.1) is 6.42 Å². The number of terminal acetylenes is 1. The zero-order chi connectivity index (χ0) is 10.6. The summed E-state index contributed by atoms with van der Waals surface area (Å²) in [4.78, 5) is 23.4. The monoisotopic (exact) mass is 197 g/mol. The van der Waals surface area contributed by atoms with E-state index in [4.69, 9.17) is 16.3 Å². The normalized spacial score (nSPS) is 21.4. The highest BCUT2D eigenvalue weighted by atomic mass is 16.5. The third kappa shape index (κ3) is 2.24. The standard InChI is InChI=1S/C9H11NO4/c1-2-3-8(11)10-4-5-14-6-7(10)9(12)13/h1,7H,3-6H2,(H,12,13). The van der Waals surface area contributed by atoms with Gasteiger partial charge in [0, 0.05) is 6.54 Å². The minimum absolute atomic E-state index is 0.0334. The summed E-state index contributed by atoms with van der Waals surface area (Å²) in [6, 6.07) is -0.899. The van der Waals surface area contributed by atoms with Crippen molar-refractivity contribution in [3.8, 4) is 12.3 Å². The van der Waals surface area contributed by atoms with Gasteiger partial charge in [-0.05, 0) is 0 Å². The Hall–Kier alpha value is -1.54. The number of aliphatic carboxylic acids is 1. The molecule has 0 aromatic heterocycles. The number of amides is 1. The lowest BCUT2D eigenvalue weighted by Crippen LogP contribution is -2.52. The van der Waals surface area contributed by atoms with Crippen LogP contribution in [0.25, 0.3) is 0 Å². The van der Waals surface area contributed by atoms with Crippen LogP contribution in [0.3, 0.4) is 0 Å². The SMILES string of the molecule is C#CCC(=O)N1CCOCC1C(=O)O. The third-order valence-corrected chi connectivity index (χ3v) is 1.99. The van der Waals surface area contributed by atoms with Crippen molar-refractivity contribution in [2.75, 3.05) is 19.8 Å². The van der Waals surface area contributed by atoms with Gasteiger partial charge in [-0.3, -0.25) is 4.79 Å². The van der Waals surface area contributed by atoms with Gasteiger partial charge in [-0.2, -0.15) is 0 Å². The Morgan fingerprint density at radius 3 is 2.93 bits per heavy atom. The van der Waals surface area contributed by atoms with Crippen molar-refractivity contribution in [1.82, 2.24) is 4.90 Å². The highest BCUT2D eigenvalue weighted by Gasteiger charge is 2.31. The average molecular weight is 197 g/mol. The number of carboxylic acids is 1. The van der Waals surface area contributed by atoms with Gasteiger partial charge in [-0.1, -0.05) is 5.92 Å². The van der Waals surface area contributed by atoms with Crippen molar-refractivity contribution in [1.29, 1.82) is 0 Å². The fourth-order valence-electron chi connectivity index (χ4n) is 1.30. The molecule has 14 heavy (non-hydrogen) atoms. The van der Waals surface area contributed by atoms with E-state index in [-0.39, 0.29) is 25.5 Å². The Morgan fingerprint density at radius 2 is 2.36 bits per heavy atom. The second kappa shape index (κ2) is 4.63. The van der Waals surface area contributed by atoms with Crippen LogP contribution in [-0.4, -0.2) is 47.7 Å². The van der Waals surface area contributed by atoms with Crippen molar-refractivity contribution in [2.45, 2.75) is 12.5 Å². The van der Waals surface area contributed by atoms with Crippen molar-refractivity contribution < 1.29 is 19.4 Å². The van der Waals surface area contributed by atoms with Gasteiger partial charge >= 0.3 is 5.97 Å². The number of morpholine rings is 1. The zero-order valence-corrected chi connectivity index (χ0v) is 7.60. The molecule has 1 unspecified atom stereocenters. The lowest BCUT2D eigenvalue weighted by molar-refractivity contribution is -0.157. The Bertz CT molecular complexity index is 281. The molecule has 5 nitrogen and oxygen atoms in total. The number of hydrogen-bond donors (Lipinski definition) is 1. The van der Waals surface area contributed by atoms with Gasteiger partial charge < -0.3 is 14.7 Å². The van der Waals surface area contributed by atoms with E-state index in [0.29, 0.717) is 6.61 Å². The minimum atomic E-state index is -1.06. The molecule has 1 aliphatic heterocycles. The Balaban J connectivity index is 2.68. The van der Waals surface area contributed by atoms with Crippen LogP contribution in [0, 0.1) is 12.3 Å². The molecule has 0 radical (unpaired) electrons. The molecule has 1 amide bonds. The molecule has 1 N–H and O–H groups in total. The molecule has 0 bridgehead atoms. The first-order chi connectivity index (χ1) is 6.66. The summed E-state index contributed by atoms with van der Waals surface area (Å²) in [5.41, 5.74) is 0. The number of carboxylic acid groups (broad SMARTS) is 1. The van der Waals surface area contributed by atoms with Crippen LogP contribution in [0.1, 0.15) is 6.42 Å². The molecule has 1 aliphatic rings. The second-order valence-electron chi connectivity index (χ2n) is 2.90. The Labute approximate surface area is 81.6 Å². The Kier molecular flexibility index (Phi) is 3.48. The van der Waals surface area contributed by atoms with Crippen LogP contribution in [0.15, 0.2) is 0 Å². The van der Waals surface area contributed by atoms with Crippen molar-refractivity contribution in [3.05, 3.63) is 0 Å². The molecule has 0 aliphatic carbocycles. The third-order valence-electron chi connectivity index (χ3n) is 1.99. The highest BCUT2D eigenvalue weighted by molar-refractivity contribution is 5.85. The predicted molar refractivity (Wildman–Crippen MR) is 47.4 cm³/mol. The van der Waals surface area contributed by atoms with Crippen LogP contribution in [-0.2, 0) is 14.3 Å². The molecule has 0 spiro atoms. The maximum Gasteiger partial charge on any atom is 0.328 e. The molecule has 76 valence electrons. The second-order valence-corrected chi connectivity index (χ2v) is 2.90. The molecule has 5 heteroatoms. The maximum absolute atomic E-state index is 11.4. The van der Waals surface area contributed by atoms with Crippen molar-refractivity contribution in [2.24, 2.45) is 0 Å². The van der Waals surface area contributed by atoms with Crippen LogP contribution in [0.4, 0.5) is 0 Å². The van der Waals surface area contributed by atoms with Gasteiger partial charge in [0.05, 0.1) is 19.6 Å². The summed E-state index contributed by atoms with van der Waals surface area (Å²) in [5.74, 6) is 0.809. The average Bonchev–Trinajstić information content (AvgIpc) is 2.18.